The number of aromatic amines is 2. The first-order valence-corrected chi connectivity index (χ1v) is 13.3. The van der Waals surface area contributed by atoms with Crippen molar-refractivity contribution in [2.45, 2.75) is 13.8 Å². The second-order valence-electron chi connectivity index (χ2n) is 10.2. The number of primary amides is 2. The van der Waals surface area contributed by atoms with Crippen LogP contribution < -0.4 is 16.2 Å². The van der Waals surface area contributed by atoms with Crippen molar-refractivity contribution in [3.63, 3.8) is 0 Å². The summed E-state index contributed by atoms with van der Waals surface area (Å²) in [5, 5.41) is 0.956. The van der Waals surface area contributed by atoms with Crippen LogP contribution in [0.5, 0.6) is 5.75 Å². The number of benzene rings is 4. The number of H-pyrrole nitrogens is 2. The van der Waals surface area contributed by atoms with E-state index in [0.717, 1.165) is 35.6 Å². The van der Waals surface area contributed by atoms with Crippen molar-refractivity contribution < 1.29 is 36.3 Å². The zero-order chi connectivity index (χ0) is 32.7. The summed E-state index contributed by atoms with van der Waals surface area (Å²) in [6.07, 6.45) is 0. The fourth-order valence-corrected chi connectivity index (χ4v) is 5.22. The van der Waals surface area contributed by atoms with Crippen LogP contribution in [0.4, 0.5) is 22.0 Å². The van der Waals surface area contributed by atoms with E-state index in [1.807, 2.05) is 12.1 Å². The van der Waals surface area contributed by atoms with Gasteiger partial charge in [-0.3, -0.25) is 9.59 Å². The highest BCUT2D eigenvalue weighted by Crippen LogP contribution is 2.35. The van der Waals surface area contributed by atoms with Crippen LogP contribution in [0, 0.1) is 42.9 Å². The number of fused-ring (bicyclic) bond motifs is 2. The fourth-order valence-electron chi connectivity index (χ4n) is 5.22. The molecule has 2 amide bonds. The molecule has 0 aliphatic rings. The normalized spacial score (nSPS) is 11.0. The lowest BCUT2D eigenvalue weighted by Crippen LogP contribution is -2.12. The number of rotatable bonds is 5. The highest BCUT2D eigenvalue weighted by atomic mass is 19.2. The van der Waals surface area contributed by atoms with E-state index in [0.29, 0.717) is 38.7 Å². The van der Waals surface area contributed by atoms with E-state index in [1.165, 1.54) is 12.1 Å². The smallest absolute Gasteiger partial charge is 0.265 e. The molecular weight excluding hydrogens is 595 g/mol. The zero-order valence-corrected chi connectivity index (χ0v) is 24.0. The number of aromatic nitrogens is 2. The average Bonchev–Trinajstić information content (AvgIpc) is 3.52. The van der Waals surface area contributed by atoms with Crippen LogP contribution in [0.2, 0.25) is 0 Å². The van der Waals surface area contributed by atoms with Gasteiger partial charge in [-0.05, 0) is 79.1 Å². The van der Waals surface area contributed by atoms with E-state index in [9.17, 15) is 31.5 Å². The summed E-state index contributed by atoms with van der Waals surface area (Å²) in [4.78, 5) is 28.6. The fraction of sp³-hybridized carbons (Fsp3) is 0.0909. The molecule has 0 radical (unpaired) electrons. The van der Waals surface area contributed by atoms with Crippen molar-refractivity contribution in [2.24, 2.45) is 11.5 Å². The third-order valence-electron chi connectivity index (χ3n) is 7.48. The summed E-state index contributed by atoms with van der Waals surface area (Å²) in [5.74, 6) is -6.13. The molecule has 2 heterocycles. The predicted molar refractivity (Wildman–Crippen MR) is 160 cm³/mol. The lowest BCUT2D eigenvalue weighted by molar-refractivity contribution is 0.0987. The summed E-state index contributed by atoms with van der Waals surface area (Å²) in [7, 11) is 1.59. The van der Waals surface area contributed by atoms with Crippen molar-refractivity contribution in [3.8, 4) is 28.0 Å². The number of nitrogens with two attached hydrogens (primary N) is 2. The maximum absolute atomic E-state index is 14.0. The van der Waals surface area contributed by atoms with Crippen LogP contribution in [-0.2, 0) is 0 Å². The first-order chi connectivity index (χ1) is 21.3. The van der Waals surface area contributed by atoms with E-state index < -0.39 is 35.1 Å². The number of aryl methyl sites for hydroxylation is 2. The molecule has 0 aliphatic heterocycles. The number of halogens is 5. The van der Waals surface area contributed by atoms with Gasteiger partial charge < -0.3 is 26.2 Å². The van der Waals surface area contributed by atoms with Gasteiger partial charge in [-0.15, -0.1) is 0 Å². The molecule has 0 fully saturated rings. The predicted octanol–water partition coefficient (Wildman–Crippen LogP) is 7.19. The Kier molecular flexibility index (Phi) is 8.07. The molecule has 0 saturated carbocycles. The number of amides is 2. The summed E-state index contributed by atoms with van der Waals surface area (Å²) in [6.45, 7) is 3.29. The van der Waals surface area contributed by atoms with E-state index in [-0.39, 0.29) is 28.2 Å². The van der Waals surface area contributed by atoms with Crippen LogP contribution in [0.1, 0.15) is 32.1 Å². The minimum atomic E-state index is -1.65. The summed E-state index contributed by atoms with van der Waals surface area (Å²) in [6, 6.07) is 14.0. The van der Waals surface area contributed by atoms with Gasteiger partial charge in [-0.1, -0.05) is 12.1 Å². The molecule has 7 nitrogen and oxygen atoms in total. The van der Waals surface area contributed by atoms with E-state index in [1.54, 1.807) is 33.1 Å². The highest BCUT2D eigenvalue weighted by Gasteiger charge is 2.21. The lowest BCUT2D eigenvalue weighted by atomic mass is 10.0. The van der Waals surface area contributed by atoms with Crippen LogP contribution in [0.3, 0.4) is 0 Å². The monoisotopic (exact) mass is 620 g/mol. The molecule has 0 spiro atoms. The summed E-state index contributed by atoms with van der Waals surface area (Å²) >= 11 is 0. The van der Waals surface area contributed by atoms with E-state index in [2.05, 4.69) is 9.97 Å². The molecule has 45 heavy (non-hydrogen) atoms. The Labute approximate surface area is 252 Å². The van der Waals surface area contributed by atoms with E-state index >= 15 is 0 Å². The van der Waals surface area contributed by atoms with Gasteiger partial charge in [0.15, 0.2) is 17.5 Å². The number of hydrogen-bond acceptors (Lipinski definition) is 3. The van der Waals surface area contributed by atoms with Gasteiger partial charge in [-0.25, -0.2) is 22.0 Å². The Hall–Kier alpha value is -5.65. The molecule has 0 atom stereocenters. The first kappa shape index (κ1) is 30.8. The Morgan fingerprint density at radius 3 is 1.62 bits per heavy atom. The van der Waals surface area contributed by atoms with Gasteiger partial charge in [0.05, 0.1) is 18.1 Å². The molecule has 6 rings (SSSR count). The molecule has 0 aliphatic carbocycles. The minimum Gasteiger partial charge on any atom is -0.497 e. The molecule has 0 unspecified atom stereocenters. The maximum atomic E-state index is 14.0. The Morgan fingerprint density at radius 2 is 1.13 bits per heavy atom. The quantitative estimate of drug-likeness (QED) is 0.120. The highest BCUT2D eigenvalue weighted by molar-refractivity contribution is 6.05. The van der Waals surface area contributed by atoms with E-state index in [4.69, 9.17) is 16.2 Å². The third kappa shape index (κ3) is 5.57. The van der Waals surface area contributed by atoms with Crippen molar-refractivity contribution in [1.82, 2.24) is 9.97 Å². The summed E-state index contributed by atoms with van der Waals surface area (Å²) in [5.41, 5.74) is 14.0. The van der Waals surface area contributed by atoms with Crippen molar-refractivity contribution in [3.05, 3.63) is 112 Å². The molecule has 0 saturated heterocycles. The third-order valence-corrected chi connectivity index (χ3v) is 7.48. The van der Waals surface area contributed by atoms with Crippen LogP contribution >= 0.6 is 0 Å². The van der Waals surface area contributed by atoms with Gasteiger partial charge in [0.1, 0.15) is 28.8 Å². The van der Waals surface area contributed by atoms with Crippen molar-refractivity contribution in [2.75, 3.05) is 7.11 Å². The standard InChI is InChI=1S/C17H15FN2O2.C16H10F4N2O/c1-9-13-7-11(18)8-14(16(13)20-15(9)17(19)21)10-3-5-12(22-2)6-4-10;1-6-9-4-7(17)5-10(15(9)22-14(6)16(21)23)8-2-3-11(18)13(20)12(8)19/h3-8,20H,1-2H3,(H2,19,21);2-5,22H,1H3,(H2,21,23). The number of methoxy groups -OCH3 is 1. The topological polar surface area (TPSA) is 127 Å². The Bertz CT molecular complexity index is 2140. The molecule has 4 aromatic carbocycles. The van der Waals surface area contributed by atoms with Crippen LogP contribution in [-0.4, -0.2) is 28.9 Å². The van der Waals surface area contributed by atoms with Gasteiger partial charge in [-0.2, -0.15) is 0 Å². The summed E-state index contributed by atoms with van der Waals surface area (Å²) < 4.78 is 73.5. The molecule has 6 N–H and O–H groups in total. The molecular formula is C33H25F5N4O3. The number of nitrogens with one attached hydrogen (secondary N) is 2. The van der Waals surface area contributed by atoms with Crippen LogP contribution in [0.15, 0.2) is 60.7 Å². The molecule has 6 aromatic rings. The minimum absolute atomic E-state index is 0.0352. The number of ether oxygens (including phenoxy) is 1. The van der Waals surface area contributed by atoms with Gasteiger partial charge >= 0.3 is 0 Å². The molecule has 12 heteroatoms. The number of carbonyl (C=O) groups is 2. The van der Waals surface area contributed by atoms with Crippen LogP contribution in [0.25, 0.3) is 44.1 Å². The Balaban J connectivity index is 0.000000178. The SMILES string of the molecule is COc1ccc(-c2cc(F)cc3c(C)c(C(N)=O)[nH]c23)cc1.Cc1c(C(N)=O)[nH]c2c(-c3ccc(F)c(F)c3F)cc(F)cc12. The largest absolute Gasteiger partial charge is 0.497 e. The molecule has 2 aromatic heterocycles. The lowest BCUT2D eigenvalue weighted by Gasteiger charge is -2.07. The average molecular weight is 621 g/mol. The van der Waals surface area contributed by atoms with Crippen molar-refractivity contribution in [1.29, 1.82) is 0 Å². The Morgan fingerprint density at radius 1 is 0.644 bits per heavy atom. The molecule has 0 bridgehead atoms. The van der Waals surface area contributed by atoms with Gasteiger partial charge in [0.25, 0.3) is 11.8 Å². The number of hydrogen-bond donors (Lipinski definition) is 4. The second kappa shape index (κ2) is 11.8. The zero-order valence-electron chi connectivity index (χ0n) is 24.0. The molecule has 230 valence electrons. The van der Waals surface area contributed by atoms with Gasteiger partial charge in [0, 0.05) is 27.5 Å². The maximum Gasteiger partial charge on any atom is 0.265 e. The van der Waals surface area contributed by atoms with Gasteiger partial charge in [0.2, 0.25) is 0 Å². The first-order valence-electron chi connectivity index (χ1n) is 13.3. The number of carbonyl (C=O) groups excluding carboxylic acids is 2. The second-order valence-corrected chi connectivity index (χ2v) is 10.2. The van der Waals surface area contributed by atoms with Crippen molar-refractivity contribution >= 4 is 33.6 Å².